The van der Waals surface area contributed by atoms with Gasteiger partial charge in [0.2, 0.25) is 0 Å². The summed E-state index contributed by atoms with van der Waals surface area (Å²) in [5, 5.41) is 3.55. The van der Waals surface area contributed by atoms with Gasteiger partial charge >= 0.3 is 0 Å². The minimum Gasteiger partial charge on any atom is -0.314 e. The zero-order chi connectivity index (χ0) is 14.2. The first-order valence-electron chi connectivity index (χ1n) is 7.93. The molecule has 1 N–H and O–H groups in total. The highest BCUT2D eigenvalue weighted by molar-refractivity contribution is 4.76. The molecule has 0 aromatic rings. The first-order valence-corrected chi connectivity index (χ1v) is 7.93. The molecule has 0 amide bonds. The van der Waals surface area contributed by atoms with Gasteiger partial charge in [-0.25, -0.2) is 0 Å². The molecular formula is C16H38N2. The van der Waals surface area contributed by atoms with E-state index in [2.05, 4.69) is 23.7 Å². The van der Waals surface area contributed by atoms with E-state index in [9.17, 15) is 0 Å². The summed E-state index contributed by atoms with van der Waals surface area (Å²) in [7, 11) is 0. The van der Waals surface area contributed by atoms with Crippen molar-refractivity contribution in [1.82, 2.24) is 10.2 Å². The van der Waals surface area contributed by atoms with E-state index in [0.29, 0.717) is 0 Å². The molecule has 1 atom stereocenters. The number of nitrogens with one attached hydrogen (secondary N) is 1. The van der Waals surface area contributed by atoms with Crippen LogP contribution in [0.2, 0.25) is 0 Å². The maximum absolute atomic E-state index is 3.77. The van der Waals surface area contributed by atoms with Gasteiger partial charge in [0.25, 0.3) is 0 Å². The van der Waals surface area contributed by atoms with Gasteiger partial charge < -0.3 is 10.2 Å². The molecule has 0 aromatic carbocycles. The van der Waals surface area contributed by atoms with Crippen LogP contribution in [-0.2, 0) is 0 Å². The standard InChI is InChI=1S/C12H24N2.2C2H6.H2/c1-3-5-10-14(4-2)11-8-12-7-6-9-13-12;2*1-2;/h3,12-13H,1,4-11H2,2H3;2*1-2H3;1H. The van der Waals surface area contributed by atoms with Crippen LogP contribution in [0.1, 0.15) is 61.7 Å². The van der Waals surface area contributed by atoms with Gasteiger partial charge in [0.05, 0.1) is 0 Å². The summed E-state index contributed by atoms with van der Waals surface area (Å²) in [5.41, 5.74) is 0. The van der Waals surface area contributed by atoms with Crippen LogP contribution in [0.4, 0.5) is 0 Å². The van der Waals surface area contributed by atoms with Crippen molar-refractivity contribution >= 4 is 0 Å². The van der Waals surface area contributed by atoms with E-state index in [1.807, 2.05) is 33.8 Å². The van der Waals surface area contributed by atoms with Gasteiger partial charge in [0.15, 0.2) is 0 Å². The Labute approximate surface area is 117 Å². The maximum atomic E-state index is 3.77. The fourth-order valence-corrected chi connectivity index (χ4v) is 2.04. The third kappa shape index (κ3) is 10.8. The van der Waals surface area contributed by atoms with E-state index in [1.54, 1.807) is 0 Å². The highest BCUT2D eigenvalue weighted by atomic mass is 15.1. The average Bonchev–Trinajstić information content (AvgIpc) is 2.97. The second-order valence-corrected chi connectivity index (χ2v) is 4.09. The molecule has 2 nitrogen and oxygen atoms in total. The fourth-order valence-electron chi connectivity index (χ4n) is 2.04. The Morgan fingerprint density at radius 3 is 2.39 bits per heavy atom. The third-order valence-corrected chi connectivity index (χ3v) is 3.05. The van der Waals surface area contributed by atoms with Gasteiger partial charge in [-0.15, -0.1) is 6.58 Å². The summed E-state index contributed by atoms with van der Waals surface area (Å²) in [4.78, 5) is 2.52. The zero-order valence-electron chi connectivity index (χ0n) is 13.5. The van der Waals surface area contributed by atoms with Crippen LogP contribution in [-0.4, -0.2) is 37.1 Å². The lowest BCUT2D eigenvalue weighted by Gasteiger charge is -2.21. The van der Waals surface area contributed by atoms with Crippen LogP contribution >= 0.6 is 0 Å². The van der Waals surface area contributed by atoms with Crippen LogP contribution in [0.5, 0.6) is 0 Å². The van der Waals surface area contributed by atoms with Gasteiger partial charge in [0.1, 0.15) is 0 Å². The van der Waals surface area contributed by atoms with E-state index < -0.39 is 0 Å². The molecule has 1 fully saturated rings. The van der Waals surface area contributed by atoms with Crippen molar-refractivity contribution in [2.75, 3.05) is 26.2 Å². The molecule has 0 aromatic heterocycles. The minimum atomic E-state index is 0. The Morgan fingerprint density at radius 1 is 1.28 bits per heavy atom. The Balaban J connectivity index is -0.000000467. The molecule has 1 aliphatic heterocycles. The average molecular weight is 258 g/mol. The molecule has 0 saturated carbocycles. The van der Waals surface area contributed by atoms with E-state index >= 15 is 0 Å². The lowest BCUT2D eigenvalue weighted by molar-refractivity contribution is 0.277. The zero-order valence-corrected chi connectivity index (χ0v) is 13.5. The topological polar surface area (TPSA) is 15.3 Å². The second-order valence-electron chi connectivity index (χ2n) is 4.09. The number of rotatable bonds is 7. The van der Waals surface area contributed by atoms with Crippen LogP contribution < -0.4 is 5.32 Å². The van der Waals surface area contributed by atoms with Crippen molar-refractivity contribution in [3.63, 3.8) is 0 Å². The number of hydrogen-bond acceptors (Lipinski definition) is 2. The normalized spacial score (nSPS) is 17.6. The summed E-state index contributed by atoms with van der Waals surface area (Å²) in [6.45, 7) is 18.8. The molecule has 1 unspecified atom stereocenters. The molecular weight excluding hydrogens is 220 g/mol. The fraction of sp³-hybridized carbons (Fsp3) is 0.875. The van der Waals surface area contributed by atoms with E-state index in [-0.39, 0.29) is 1.43 Å². The molecule has 0 bridgehead atoms. The van der Waals surface area contributed by atoms with Gasteiger partial charge in [-0.05, 0) is 45.3 Å². The number of hydrogen-bond donors (Lipinski definition) is 1. The van der Waals surface area contributed by atoms with Crippen LogP contribution in [0.25, 0.3) is 0 Å². The SMILES string of the molecule is C=CCCN(CC)CCC1CCCN1.CC.CC.[HH]. The van der Waals surface area contributed by atoms with Crippen molar-refractivity contribution in [1.29, 1.82) is 0 Å². The molecule has 18 heavy (non-hydrogen) atoms. The van der Waals surface area contributed by atoms with Crippen molar-refractivity contribution in [2.24, 2.45) is 0 Å². The summed E-state index contributed by atoms with van der Waals surface area (Å²) in [5.74, 6) is 0. The van der Waals surface area contributed by atoms with Crippen LogP contribution in [0.15, 0.2) is 12.7 Å². The lowest BCUT2D eigenvalue weighted by Crippen LogP contribution is -2.31. The van der Waals surface area contributed by atoms with Gasteiger partial charge in [0, 0.05) is 14.0 Å². The highest BCUT2D eigenvalue weighted by Crippen LogP contribution is 2.09. The minimum absolute atomic E-state index is 0. The molecule has 1 saturated heterocycles. The van der Waals surface area contributed by atoms with Crippen molar-refractivity contribution < 1.29 is 1.43 Å². The Hall–Kier alpha value is -0.340. The number of nitrogens with zero attached hydrogens (tertiary/aromatic N) is 1. The lowest BCUT2D eigenvalue weighted by atomic mass is 10.1. The molecule has 2 heteroatoms. The largest absolute Gasteiger partial charge is 0.314 e. The van der Waals surface area contributed by atoms with Gasteiger partial charge in [-0.3, -0.25) is 0 Å². The predicted molar refractivity (Wildman–Crippen MR) is 87.4 cm³/mol. The highest BCUT2D eigenvalue weighted by Gasteiger charge is 2.14. The predicted octanol–water partition coefficient (Wildman–Crippen LogP) is 4.32. The molecule has 0 spiro atoms. The Kier molecular flexibility index (Phi) is 18.5. The van der Waals surface area contributed by atoms with Gasteiger partial charge in [-0.1, -0.05) is 40.7 Å². The molecule has 0 radical (unpaired) electrons. The van der Waals surface area contributed by atoms with E-state index in [1.165, 1.54) is 45.4 Å². The molecule has 112 valence electrons. The monoisotopic (exact) mass is 258 g/mol. The van der Waals surface area contributed by atoms with Crippen molar-refractivity contribution in [3.05, 3.63) is 12.7 Å². The van der Waals surface area contributed by atoms with E-state index in [0.717, 1.165) is 12.5 Å². The van der Waals surface area contributed by atoms with E-state index in [4.69, 9.17) is 0 Å². The summed E-state index contributed by atoms with van der Waals surface area (Å²) >= 11 is 0. The first kappa shape index (κ1) is 20.0. The van der Waals surface area contributed by atoms with Gasteiger partial charge in [-0.2, -0.15) is 0 Å². The Morgan fingerprint density at radius 2 is 1.94 bits per heavy atom. The van der Waals surface area contributed by atoms with Crippen molar-refractivity contribution in [3.8, 4) is 0 Å². The third-order valence-electron chi connectivity index (χ3n) is 3.05. The summed E-state index contributed by atoms with van der Waals surface area (Å²) < 4.78 is 0. The molecule has 1 heterocycles. The summed E-state index contributed by atoms with van der Waals surface area (Å²) in [6, 6.07) is 0.785. The van der Waals surface area contributed by atoms with Crippen molar-refractivity contribution in [2.45, 2.75) is 66.3 Å². The Bertz CT molecular complexity index is 157. The molecule has 1 aliphatic rings. The second kappa shape index (κ2) is 16.7. The first-order chi connectivity index (χ1) is 8.86. The maximum Gasteiger partial charge on any atom is 0.00797 e. The molecule has 1 rings (SSSR count). The molecule has 0 aliphatic carbocycles. The quantitative estimate of drug-likeness (QED) is 0.684. The van der Waals surface area contributed by atoms with Crippen LogP contribution in [0, 0.1) is 0 Å². The van der Waals surface area contributed by atoms with Crippen LogP contribution in [0.3, 0.4) is 0 Å². The summed E-state index contributed by atoms with van der Waals surface area (Å²) in [6.07, 6.45) is 7.18. The smallest absolute Gasteiger partial charge is 0.00797 e.